The largest absolute Gasteiger partial charge is 0.480 e. The van der Waals surface area contributed by atoms with Gasteiger partial charge in [0.05, 0.1) is 0 Å². The predicted octanol–water partition coefficient (Wildman–Crippen LogP) is 2.12. The summed E-state index contributed by atoms with van der Waals surface area (Å²) in [5.41, 5.74) is 1.46. The Morgan fingerprint density at radius 1 is 1.17 bits per heavy atom. The molecule has 0 atom stereocenters. The van der Waals surface area contributed by atoms with Crippen LogP contribution < -0.4 is 5.32 Å². The van der Waals surface area contributed by atoms with Crippen LogP contribution in [0.15, 0.2) is 43.0 Å². The molecule has 6 heteroatoms. The Kier molecular flexibility index (Phi) is 3.57. The van der Waals surface area contributed by atoms with E-state index in [9.17, 15) is 14.4 Å². The maximum Gasteiger partial charge on any atom is 0.323 e. The third-order valence-corrected chi connectivity index (χ3v) is 3.72. The van der Waals surface area contributed by atoms with Crippen LogP contribution in [0.2, 0.25) is 0 Å². The molecule has 3 rings (SSSR count). The number of imide groups is 1. The van der Waals surface area contributed by atoms with E-state index in [-0.39, 0.29) is 0 Å². The van der Waals surface area contributed by atoms with Crippen molar-refractivity contribution in [3.63, 3.8) is 0 Å². The van der Waals surface area contributed by atoms with Gasteiger partial charge >= 0.3 is 5.97 Å². The molecule has 6 nitrogen and oxygen atoms in total. The van der Waals surface area contributed by atoms with E-state index < -0.39 is 24.3 Å². The molecule has 0 unspecified atom stereocenters. The van der Waals surface area contributed by atoms with Crippen LogP contribution in [0.5, 0.6) is 0 Å². The van der Waals surface area contributed by atoms with Gasteiger partial charge in [-0.05, 0) is 18.2 Å². The molecule has 116 valence electrons. The molecule has 1 heterocycles. The Morgan fingerprint density at radius 3 is 2.52 bits per heavy atom. The number of nitrogens with zero attached hydrogens (tertiary/aromatic N) is 1. The summed E-state index contributed by atoms with van der Waals surface area (Å²) >= 11 is 0. The number of amides is 2. The van der Waals surface area contributed by atoms with Crippen molar-refractivity contribution < 1.29 is 19.5 Å². The van der Waals surface area contributed by atoms with Crippen molar-refractivity contribution in [1.29, 1.82) is 0 Å². The molecule has 1 aliphatic heterocycles. The molecule has 0 saturated heterocycles. The molecule has 0 aromatic heterocycles. The molecule has 23 heavy (non-hydrogen) atoms. The number of nitrogens with one attached hydrogen (secondary N) is 1. The first-order valence-corrected chi connectivity index (χ1v) is 7.03. The fourth-order valence-corrected chi connectivity index (χ4v) is 2.76. The number of rotatable bonds is 5. The molecule has 0 spiro atoms. The fraction of sp³-hybridized carbons (Fsp3) is 0.118. The van der Waals surface area contributed by atoms with Crippen LogP contribution in [-0.4, -0.2) is 40.9 Å². The van der Waals surface area contributed by atoms with Crippen LogP contribution in [0, 0.1) is 0 Å². The van der Waals surface area contributed by atoms with Gasteiger partial charge in [0.1, 0.15) is 6.54 Å². The number of aliphatic carboxylic acids is 1. The first-order valence-electron chi connectivity index (χ1n) is 7.03. The van der Waals surface area contributed by atoms with Crippen LogP contribution in [0.1, 0.15) is 20.7 Å². The van der Waals surface area contributed by atoms with Gasteiger partial charge in [-0.25, -0.2) is 0 Å². The van der Waals surface area contributed by atoms with Gasteiger partial charge in [0.2, 0.25) is 0 Å². The van der Waals surface area contributed by atoms with E-state index in [0.717, 1.165) is 16.0 Å². The Labute approximate surface area is 132 Å². The second-order valence-corrected chi connectivity index (χ2v) is 5.15. The summed E-state index contributed by atoms with van der Waals surface area (Å²) in [7, 11) is 0. The first kappa shape index (κ1) is 14.8. The highest BCUT2D eigenvalue weighted by molar-refractivity contribution is 6.27. The predicted molar refractivity (Wildman–Crippen MR) is 85.6 cm³/mol. The third-order valence-electron chi connectivity index (χ3n) is 3.72. The van der Waals surface area contributed by atoms with Gasteiger partial charge in [0, 0.05) is 34.1 Å². The van der Waals surface area contributed by atoms with Gasteiger partial charge in [0.25, 0.3) is 11.8 Å². The highest BCUT2D eigenvalue weighted by Crippen LogP contribution is 2.34. The molecule has 0 saturated carbocycles. The van der Waals surface area contributed by atoms with Crippen molar-refractivity contribution >= 4 is 34.2 Å². The molecule has 2 N–H and O–H groups in total. The second kappa shape index (κ2) is 5.57. The molecule has 2 aromatic rings. The maximum absolute atomic E-state index is 12.5. The first-order chi connectivity index (χ1) is 11.0. The summed E-state index contributed by atoms with van der Waals surface area (Å²) in [6, 6.07) is 8.50. The summed E-state index contributed by atoms with van der Waals surface area (Å²) in [6.45, 7) is 3.55. The van der Waals surface area contributed by atoms with Crippen LogP contribution in [-0.2, 0) is 4.79 Å². The molecule has 0 aliphatic carbocycles. The lowest BCUT2D eigenvalue weighted by molar-refractivity contribution is -0.137. The van der Waals surface area contributed by atoms with Gasteiger partial charge in [-0.15, -0.1) is 6.58 Å². The van der Waals surface area contributed by atoms with E-state index in [2.05, 4.69) is 11.9 Å². The van der Waals surface area contributed by atoms with Crippen LogP contribution in [0.3, 0.4) is 0 Å². The lowest BCUT2D eigenvalue weighted by atomic mass is 9.93. The minimum Gasteiger partial charge on any atom is -0.480 e. The number of carbonyl (C=O) groups excluding carboxylic acids is 2. The quantitative estimate of drug-likeness (QED) is 0.652. The van der Waals surface area contributed by atoms with Crippen molar-refractivity contribution in [3.8, 4) is 0 Å². The van der Waals surface area contributed by atoms with Crippen LogP contribution in [0.25, 0.3) is 10.8 Å². The van der Waals surface area contributed by atoms with Gasteiger partial charge in [-0.2, -0.15) is 0 Å². The number of anilines is 1. The van der Waals surface area contributed by atoms with E-state index in [1.807, 2.05) is 6.07 Å². The lowest BCUT2D eigenvalue weighted by Gasteiger charge is -2.26. The van der Waals surface area contributed by atoms with Crippen molar-refractivity contribution in [3.05, 3.63) is 54.1 Å². The van der Waals surface area contributed by atoms with Gasteiger partial charge in [0.15, 0.2) is 0 Å². The Morgan fingerprint density at radius 2 is 1.87 bits per heavy atom. The van der Waals surface area contributed by atoms with E-state index in [4.69, 9.17) is 5.11 Å². The van der Waals surface area contributed by atoms with Crippen LogP contribution in [0.4, 0.5) is 5.69 Å². The minimum atomic E-state index is -1.23. The topological polar surface area (TPSA) is 86.7 Å². The summed E-state index contributed by atoms with van der Waals surface area (Å²) in [5, 5.41) is 13.4. The van der Waals surface area contributed by atoms with Crippen molar-refractivity contribution in [1.82, 2.24) is 4.90 Å². The average Bonchev–Trinajstić information content (AvgIpc) is 2.54. The number of carbonyl (C=O) groups is 3. The summed E-state index contributed by atoms with van der Waals surface area (Å²) in [4.78, 5) is 36.6. The Hall–Kier alpha value is -3.15. The molecular weight excluding hydrogens is 296 g/mol. The zero-order valence-electron chi connectivity index (χ0n) is 12.2. The third kappa shape index (κ3) is 2.34. The highest BCUT2D eigenvalue weighted by Gasteiger charge is 2.34. The van der Waals surface area contributed by atoms with Gasteiger partial charge < -0.3 is 10.4 Å². The number of carboxylic acid groups (broad SMARTS) is 1. The monoisotopic (exact) mass is 310 g/mol. The molecular formula is C17H14N2O4. The molecule has 0 radical (unpaired) electrons. The van der Waals surface area contributed by atoms with E-state index in [1.165, 1.54) is 0 Å². The summed E-state index contributed by atoms with van der Waals surface area (Å²) < 4.78 is 0. The summed E-state index contributed by atoms with van der Waals surface area (Å²) in [6.07, 6.45) is 1.71. The van der Waals surface area contributed by atoms with Gasteiger partial charge in [-0.1, -0.05) is 18.2 Å². The van der Waals surface area contributed by atoms with E-state index >= 15 is 0 Å². The Balaban J connectivity index is 2.20. The van der Waals surface area contributed by atoms with Gasteiger partial charge in [-0.3, -0.25) is 19.3 Å². The number of carboxylic acids is 1. The van der Waals surface area contributed by atoms with E-state index in [1.54, 1.807) is 30.3 Å². The van der Waals surface area contributed by atoms with Crippen LogP contribution >= 0.6 is 0 Å². The lowest BCUT2D eigenvalue weighted by Crippen LogP contribution is -2.43. The highest BCUT2D eigenvalue weighted by atomic mass is 16.4. The number of benzene rings is 2. The standard InChI is InChI=1S/C17H14N2O4/c1-2-8-18-13-7-6-12-15-10(13)4-3-5-11(15)16(22)19(17(12)23)9-14(20)21/h2-7,18H,1,8-9H2,(H,20,21). The van der Waals surface area contributed by atoms with E-state index in [0.29, 0.717) is 23.1 Å². The van der Waals surface area contributed by atoms with Crippen molar-refractivity contribution in [2.75, 3.05) is 18.4 Å². The molecule has 2 aromatic carbocycles. The molecule has 0 fully saturated rings. The Bertz CT molecular complexity index is 835. The minimum absolute atomic E-state index is 0.334. The SMILES string of the molecule is C=CCNc1ccc2c3c(cccc13)C(=O)N(CC(=O)O)C2=O. The number of hydrogen-bond donors (Lipinski definition) is 2. The van der Waals surface area contributed by atoms with Crippen molar-refractivity contribution in [2.45, 2.75) is 0 Å². The molecule has 2 amide bonds. The zero-order chi connectivity index (χ0) is 16.6. The normalized spacial score (nSPS) is 13.3. The average molecular weight is 310 g/mol. The van der Waals surface area contributed by atoms with Crippen molar-refractivity contribution in [2.24, 2.45) is 0 Å². The smallest absolute Gasteiger partial charge is 0.323 e. The zero-order valence-corrected chi connectivity index (χ0v) is 12.2. The molecule has 0 bridgehead atoms. The maximum atomic E-state index is 12.5. The fourth-order valence-electron chi connectivity index (χ4n) is 2.76. The number of hydrogen-bond acceptors (Lipinski definition) is 4. The summed E-state index contributed by atoms with van der Waals surface area (Å²) in [5.74, 6) is -2.40. The second-order valence-electron chi connectivity index (χ2n) is 5.15. The molecule has 1 aliphatic rings.